The Morgan fingerprint density at radius 3 is 2.37 bits per heavy atom. The standard InChI is InChI=1S/C32H43N5O6/c1-32(2,3)43-31(41)36-16-12-22(13-17-36)42-23-18-21(19-23)35-14-10-20(11-15-35)24-6-5-7-25-28(24)34(4)30(40)37(25)26-8-9-27(38)33-29(26)39/h5-7,10,21-23,26H,8-9,11-19H2,1-4H3,(H,33,38,39)/t21?,23?,26-/m1/s1. The van der Waals surface area contributed by atoms with Gasteiger partial charge in [-0.15, -0.1) is 0 Å². The Hall–Kier alpha value is -3.44. The van der Waals surface area contributed by atoms with Crippen molar-refractivity contribution in [1.82, 2.24) is 24.3 Å². The lowest BCUT2D eigenvalue weighted by molar-refractivity contribution is -0.135. The number of hydrogen-bond donors (Lipinski definition) is 1. The maximum atomic E-state index is 13.3. The van der Waals surface area contributed by atoms with E-state index in [0.717, 1.165) is 61.8 Å². The van der Waals surface area contributed by atoms with E-state index in [0.29, 0.717) is 25.6 Å². The minimum Gasteiger partial charge on any atom is -0.444 e. The van der Waals surface area contributed by atoms with Crippen molar-refractivity contribution in [1.29, 1.82) is 0 Å². The van der Waals surface area contributed by atoms with Gasteiger partial charge in [0.1, 0.15) is 11.6 Å². The molecule has 0 bridgehead atoms. The molecule has 3 aliphatic heterocycles. The fourth-order valence-corrected chi connectivity index (χ4v) is 6.91. The summed E-state index contributed by atoms with van der Waals surface area (Å²) in [6, 6.07) is 5.69. The molecule has 1 saturated carbocycles. The number of piperidine rings is 2. The molecule has 1 aliphatic carbocycles. The lowest BCUT2D eigenvalue weighted by atomic mass is 9.86. The minimum atomic E-state index is -0.689. The van der Waals surface area contributed by atoms with Gasteiger partial charge in [-0.25, -0.2) is 9.59 Å². The van der Waals surface area contributed by atoms with Crippen LogP contribution in [0.2, 0.25) is 0 Å². The normalized spacial score (nSPS) is 25.8. The Labute approximate surface area is 251 Å². The van der Waals surface area contributed by atoms with Gasteiger partial charge in [0.15, 0.2) is 0 Å². The molecule has 0 spiro atoms. The van der Waals surface area contributed by atoms with Crippen molar-refractivity contribution >= 4 is 34.5 Å². The number of ether oxygens (including phenoxy) is 2. The van der Waals surface area contributed by atoms with Crippen molar-refractivity contribution in [2.24, 2.45) is 7.05 Å². The molecule has 11 heteroatoms. The predicted molar refractivity (Wildman–Crippen MR) is 161 cm³/mol. The number of aryl methyl sites for hydroxylation is 1. The zero-order valence-corrected chi connectivity index (χ0v) is 25.6. The first-order valence-corrected chi connectivity index (χ1v) is 15.6. The van der Waals surface area contributed by atoms with Crippen molar-refractivity contribution in [2.45, 2.75) is 95.6 Å². The topological polar surface area (TPSA) is 115 Å². The molecule has 6 rings (SSSR count). The van der Waals surface area contributed by atoms with Gasteiger partial charge in [-0.3, -0.25) is 28.9 Å². The van der Waals surface area contributed by atoms with Crippen LogP contribution in [-0.4, -0.2) is 86.9 Å². The number of benzene rings is 1. The van der Waals surface area contributed by atoms with Crippen LogP contribution in [0.5, 0.6) is 0 Å². The molecule has 43 heavy (non-hydrogen) atoms. The summed E-state index contributed by atoms with van der Waals surface area (Å²) in [4.78, 5) is 54.2. The molecule has 4 aliphatic rings. The van der Waals surface area contributed by atoms with Gasteiger partial charge in [0.25, 0.3) is 0 Å². The van der Waals surface area contributed by atoms with Gasteiger partial charge < -0.3 is 14.4 Å². The number of imide groups is 1. The number of carbonyl (C=O) groups is 3. The number of carbonyl (C=O) groups excluding carboxylic acids is 3. The first-order valence-electron chi connectivity index (χ1n) is 15.6. The van der Waals surface area contributed by atoms with Gasteiger partial charge in [-0.1, -0.05) is 18.2 Å². The van der Waals surface area contributed by atoms with Crippen LogP contribution in [0.3, 0.4) is 0 Å². The third kappa shape index (κ3) is 6.02. The number of para-hydroxylation sites is 1. The van der Waals surface area contributed by atoms with Crippen LogP contribution in [0.4, 0.5) is 4.79 Å². The average Bonchev–Trinajstić information content (AvgIpc) is 3.20. The number of nitrogens with one attached hydrogen (secondary N) is 1. The Morgan fingerprint density at radius 1 is 0.977 bits per heavy atom. The van der Waals surface area contributed by atoms with Gasteiger partial charge in [0, 0.05) is 51.3 Å². The van der Waals surface area contributed by atoms with Crippen LogP contribution in [0.25, 0.3) is 16.6 Å². The van der Waals surface area contributed by atoms with E-state index in [4.69, 9.17) is 9.47 Å². The number of nitrogens with zero attached hydrogens (tertiary/aromatic N) is 4. The summed E-state index contributed by atoms with van der Waals surface area (Å²) in [7, 11) is 1.75. The molecule has 3 fully saturated rings. The van der Waals surface area contributed by atoms with Crippen LogP contribution in [0, 0.1) is 0 Å². The van der Waals surface area contributed by atoms with Gasteiger partial charge in [0.05, 0.1) is 23.2 Å². The molecule has 1 aromatic carbocycles. The fraction of sp³-hybridized carbons (Fsp3) is 0.625. The SMILES string of the molecule is Cn1c(=O)n([C@@H]2CCC(=O)NC2=O)c2cccc(C3=CCN(C4CC(OC5CCN(C(=O)OC(C)(C)C)CC5)C4)CC3)c21. The number of imidazole rings is 1. The lowest BCUT2D eigenvalue weighted by Crippen LogP contribution is -2.51. The average molecular weight is 594 g/mol. The van der Waals surface area contributed by atoms with E-state index in [1.165, 1.54) is 5.57 Å². The van der Waals surface area contributed by atoms with Gasteiger partial charge in [-0.2, -0.15) is 0 Å². The third-order valence-electron chi connectivity index (χ3n) is 9.28. The highest BCUT2D eigenvalue weighted by molar-refractivity contribution is 6.00. The number of hydrogen-bond acceptors (Lipinski definition) is 7. The van der Waals surface area contributed by atoms with Crippen molar-refractivity contribution in [3.8, 4) is 0 Å². The number of rotatable bonds is 5. The van der Waals surface area contributed by atoms with E-state index in [2.05, 4.69) is 22.4 Å². The molecule has 2 aromatic rings. The largest absolute Gasteiger partial charge is 0.444 e. The monoisotopic (exact) mass is 593 g/mol. The van der Waals surface area contributed by atoms with Crippen LogP contribution < -0.4 is 11.0 Å². The molecule has 3 amide bonds. The van der Waals surface area contributed by atoms with E-state index < -0.39 is 17.6 Å². The second-order valence-electron chi connectivity index (χ2n) is 13.4. The molecule has 232 valence electrons. The number of aromatic nitrogens is 2. The van der Waals surface area contributed by atoms with E-state index in [9.17, 15) is 19.2 Å². The third-order valence-corrected chi connectivity index (χ3v) is 9.28. The molecule has 0 unspecified atom stereocenters. The minimum absolute atomic E-state index is 0.192. The van der Waals surface area contributed by atoms with Crippen LogP contribution in [-0.2, 0) is 26.1 Å². The fourth-order valence-electron chi connectivity index (χ4n) is 6.91. The van der Waals surface area contributed by atoms with Crippen LogP contribution in [0.1, 0.15) is 77.3 Å². The van der Waals surface area contributed by atoms with Crippen molar-refractivity contribution in [2.75, 3.05) is 26.2 Å². The Balaban J connectivity index is 1.04. The van der Waals surface area contributed by atoms with Crippen molar-refractivity contribution < 1.29 is 23.9 Å². The van der Waals surface area contributed by atoms with E-state index in [-0.39, 0.29) is 36.3 Å². The molecule has 0 radical (unpaired) electrons. The predicted octanol–water partition coefficient (Wildman–Crippen LogP) is 3.35. The maximum absolute atomic E-state index is 13.3. The highest BCUT2D eigenvalue weighted by atomic mass is 16.6. The molecular formula is C32H43N5O6. The quantitative estimate of drug-likeness (QED) is 0.529. The van der Waals surface area contributed by atoms with Gasteiger partial charge in [0.2, 0.25) is 11.8 Å². The summed E-state index contributed by atoms with van der Waals surface area (Å²) in [6.07, 6.45) is 7.64. The molecule has 1 aromatic heterocycles. The summed E-state index contributed by atoms with van der Waals surface area (Å²) in [5, 5.41) is 2.38. The summed E-state index contributed by atoms with van der Waals surface area (Å²) >= 11 is 0. The molecular weight excluding hydrogens is 550 g/mol. The van der Waals surface area contributed by atoms with Crippen molar-refractivity contribution in [3.05, 3.63) is 40.3 Å². The van der Waals surface area contributed by atoms with Gasteiger partial charge in [-0.05, 0) is 70.9 Å². The molecule has 2 saturated heterocycles. The second-order valence-corrected chi connectivity index (χ2v) is 13.4. The molecule has 1 atom stereocenters. The highest BCUT2D eigenvalue weighted by Gasteiger charge is 2.38. The maximum Gasteiger partial charge on any atom is 0.410 e. The summed E-state index contributed by atoms with van der Waals surface area (Å²) in [5.41, 5.74) is 3.05. The molecule has 4 heterocycles. The first-order chi connectivity index (χ1) is 20.5. The first kappa shape index (κ1) is 29.6. The zero-order chi connectivity index (χ0) is 30.5. The van der Waals surface area contributed by atoms with E-state index >= 15 is 0 Å². The van der Waals surface area contributed by atoms with Crippen LogP contribution in [0.15, 0.2) is 29.1 Å². The van der Waals surface area contributed by atoms with Crippen molar-refractivity contribution in [3.63, 3.8) is 0 Å². The number of fused-ring (bicyclic) bond motifs is 1. The molecule has 1 N–H and O–H groups in total. The Morgan fingerprint density at radius 2 is 1.72 bits per heavy atom. The van der Waals surface area contributed by atoms with E-state index in [1.54, 1.807) is 21.1 Å². The summed E-state index contributed by atoms with van der Waals surface area (Å²) in [6.45, 7) is 8.80. The van der Waals surface area contributed by atoms with Crippen LogP contribution >= 0.6 is 0 Å². The molecule has 11 nitrogen and oxygen atoms in total. The smallest absolute Gasteiger partial charge is 0.410 e. The number of likely N-dealkylation sites (tertiary alicyclic amines) is 1. The van der Waals surface area contributed by atoms with Gasteiger partial charge >= 0.3 is 11.8 Å². The van der Waals surface area contributed by atoms with E-state index in [1.807, 2.05) is 32.9 Å². The zero-order valence-electron chi connectivity index (χ0n) is 25.6. The number of amides is 3. The Kier molecular flexibility index (Phi) is 7.97. The summed E-state index contributed by atoms with van der Waals surface area (Å²) < 4.78 is 15.1. The Bertz CT molecular complexity index is 1500. The highest BCUT2D eigenvalue weighted by Crippen LogP contribution is 2.35. The summed E-state index contributed by atoms with van der Waals surface area (Å²) in [5.74, 6) is -0.713. The second kappa shape index (κ2) is 11.6. The lowest BCUT2D eigenvalue weighted by Gasteiger charge is -2.45.